The molecule has 1 fully saturated rings. The second-order valence-corrected chi connectivity index (χ2v) is 6.52. The van der Waals surface area contributed by atoms with Gasteiger partial charge in [-0.1, -0.05) is 27.2 Å². The molecule has 1 N–H and O–H groups in total. The molecule has 1 atom stereocenters. The number of rotatable bonds is 5. The number of nitrogens with zero attached hydrogens (tertiary/aromatic N) is 3. The van der Waals surface area contributed by atoms with Gasteiger partial charge in [0.1, 0.15) is 5.69 Å². The highest BCUT2D eigenvalue weighted by molar-refractivity contribution is 5.60. The fraction of sp³-hybridized carbons (Fsp3) is 0.786. The Morgan fingerprint density at radius 2 is 2.25 bits per heavy atom. The van der Waals surface area contributed by atoms with E-state index >= 15 is 0 Å². The molecule has 1 aromatic heterocycles. The zero-order chi connectivity index (χ0) is 14.9. The van der Waals surface area contributed by atoms with E-state index in [1.54, 1.807) is 11.7 Å². The molecule has 0 amide bonds. The molecule has 6 nitrogen and oxygen atoms in total. The van der Waals surface area contributed by atoms with E-state index in [4.69, 9.17) is 0 Å². The van der Waals surface area contributed by atoms with Gasteiger partial charge in [0.25, 0.3) is 0 Å². The van der Waals surface area contributed by atoms with E-state index in [-0.39, 0.29) is 10.6 Å². The van der Waals surface area contributed by atoms with Gasteiger partial charge in [-0.05, 0) is 31.1 Å². The van der Waals surface area contributed by atoms with Gasteiger partial charge in [-0.3, -0.25) is 10.1 Å². The zero-order valence-corrected chi connectivity index (χ0v) is 12.8. The Hall–Kier alpha value is -1.59. The first-order valence-electron chi connectivity index (χ1n) is 7.31. The van der Waals surface area contributed by atoms with Crippen LogP contribution in [0, 0.1) is 15.5 Å². The summed E-state index contributed by atoms with van der Waals surface area (Å²) < 4.78 is 1.62. The lowest BCUT2D eigenvalue weighted by molar-refractivity contribution is -0.384. The first-order chi connectivity index (χ1) is 9.34. The normalized spacial score (nSPS) is 21.1. The van der Waals surface area contributed by atoms with Gasteiger partial charge < -0.3 is 5.32 Å². The van der Waals surface area contributed by atoms with E-state index < -0.39 is 0 Å². The highest BCUT2D eigenvalue weighted by Gasteiger charge is 2.34. The first-order valence-corrected chi connectivity index (χ1v) is 7.31. The summed E-state index contributed by atoms with van der Waals surface area (Å²) in [5, 5.41) is 19.0. The van der Waals surface area contributed by atoms with Crippen molar-refractivity contribution in [2.45, 2.75) is 58.9 Å². The average Bonchev–Trinajstić information content (AvgIpc) is 2.81. The summed E-state index contributed by atoms with van der Waals surface area (Å²) in [4.78, 5) is 11.0. The molecule has 1 aliphatic carbocycles. The summed E-state index contributed by atoms with van der Waals surface area (Å²) in [5.74, 6) is 0.557. The lowest BCUT2D eigenvalue weighted by atomic mass is 9.92. The summed E-state index contributed by atoms with van der Waals surface area (Å²) in [7, 11) is 1.77. The maximum atomic E-state index is 11.3. The summed E-state index contributed by atoms with van der Waals surface area (Å²) >= 11 is 0. The van der Waals surface area contributed by atoms with Crippen LogP contribution in [0.5, 0.6) is 0 Å². The van der Waals surface area contributed by atoms with Crippen LogP contribution in [0.3, 0.4) is 0 Å². The van der Waals surface area contributed by atoms with Crippen LogP contribution in [0.4, 0.5) is 11.5 Å². The average molecular weight is 280 g/mol. The van der Waals surface area contributed by atoms with Crippen LogP contribution in [-0.2, 0) is 13.5 Å². The molecule has 1 aromatic rings. The number of nitro groups is 1. The number of hydrogen-bond acceptors (Lipinski definition) is 4. The molecule has 1 saturated carbocycles. The van der Waals surface area contributed by atoms with Crippen molar-refractivity contribution >= 4 is 11.5 Å². The van der Waals surface area contributed by atoms with Crippen molar-refractivity contribution < 1.29 is 4.92 Å². The summed E-state index contributed by atoms with van der Waals surface area (Å²) in [6, 6.07) is 0.300. The number of aryl methyl sites for hydroxylation is 2. The highest BCUT2D eigenvalue weighted by Crippen LogP contribution is 2.39. The van der Waals surface area contributed by atoms with Gasteiger partial charge in [0, 0.05) is 13.1 Å². The Bertz CT molecular complexity index is 508. The van der Waals surface area contributed by atoms with Crippen molar-refractivity contribution in [3.05, 3.63) is 15.8 Å². The predicted molar refractivity (Wildman–Crippen MR) is 78.9 cm³/mol. The van der Waals surface area contributed by atoms with Gasteiger partial charge in [-0.2, -0.15) is 5.10 Å². The Labute approximate surface area is 119 Å². The molecule has 1 aliphatic rings. The van der Waals surface area contributed by atoms with Crippen molar-refractivity contribution in [2.75, 3.05) is 5.32 Å². The molecule has 0 bridgehead atoms. The van der Waals surface area contributed by atoms with Crippen LogP contribution < -0.4 is 5.32 Å². The minimum Gasteiger partial charge on any atom is -0.362 e. The van der Waals surface area contributed by atoms with Crippen LogP contribution in [0.2, 0.25) is 0 Å². The molecular weight excluding hydrogens is 256 g/mol. The van der Waals surface area contributed by atoms with E-state index in [2.05, 4.69) is 24.3 Å². The summed E-state index contributed by atoms with van der Waals surface area (Å²) in [6.45, 7) is 6.49. The number of hydrogen-bond donors (Lipinski definition) is 1. The van der Waals surface area contributed by atoms with Gasteiger partial charge in [0.15, 0.2) is 0 Å². The van der Waals surface area contributed by atoms with Crippen LogP contribution in [0.15, 0.2) is 0 Å². The molecule has 1 heterocycles. The van der Waals surface area contributed by atoms with E-state index in [1.807, 2.05) is 6.92 Å². The number of aromatic nitrogens is 2. The van der Waals surface area contributed by atoms with Crippen LogP contribution in [0.25, 0.3) is 0 Å². The molecule has 0 aliphatic heterocycles. The molecule has 0 saturated heterocycles. The Morgan fingerprint density at radius 3 is 2.75 bits per heavy atom. The van der Waals surface area contributed by atoms with Gasteiger partial charge in [-0.25, -0.2) is 4.68 Å². The third kappa shape index (κ3) is 2.94. The maximum Gasteiger partial charge on any atom is 0.333 e. The zero-order valence-electron chi connectivity index (χ0n) is 12.8. The van der Waals surface area contributed by atoms with Crippen molar-refractivity contribution in [2.24, 2.45) is 12.5 Å². The molecule has 6 heteroatoms. The number of nitrogens with one attached hydrogen (secondary N) is 1. The van der Waals surface area contributed by atoms with E-state index in [9.17, 15) is 10.1 Å². The van der Waals surface area contributed by atoms with Gasteiger partial charge in [-0.15, -0.1) is 0 Å². The van der Waals surface area contributed by atoms with Crippen LogP contribution in [0.1, 0.15) is 52.1 Å². The topological polar surface area (TPSA) is 73.0 Å². The molecule has 20 heavy (non-hydrogen) atoms. The highest BCUT2D eigenvalue weighted by atomic mass is 16.6. The van der Waals surface area contributed by atoms with Crippen molar-refractivity contribution in [3.8, 4) is 0 Å². The molecular formula is C14H24N4O2. The summed E-state index contributed by atoms with van der Waals surface area (Å²) in [5.41, 5.74) is 1.05. The Balaban J connectivity index is 2.25. The van der Waals surface area contributed by atoms with Crippen LogP contribution in [-0.4, -0.2) is 20.7 Å². The minimum absolute atomic E-state index is 0.152. The van der Waals surface area contributed by atoms with Gasteiger partial charge >= 0.3 is 5.69 Å². The van der Waals surface area contributed by atoms with Gasteiger partial charge in [0.05, 0.1) is 4.92 Å². The first kappa shape index (κ1) is 14.8. The standard InChI is InChI=1S/C14H24N4O2/c1-5-6-11-12(18(19)20)13(17(4)16-11)15-10-7-8-14(2,3)9-10/h10,15H,5-9H2,1-4H3. The van der Waals surface area contributed by atoms with E-state index in [0.717, 1.165) is 25.7 Å². The van der Waals surface area contributed by atoms with E-state index in [1.165, 1.54) is 0 Å². The Morgan fingerprint density at radius 1 is 1.55 bits per heavy atom. The molecule has 1 unspecified atom stereocenters. The molecule has 0 aromatic carbocycles. The number of anilines is 1. The predicted octanol–water partition coefficient (Wildman–Crippen LogP) is 3.27. The van der Waals surface area contributed by atoms with Gasteiger partial charge in [0.2, 0.25) is 5.82 Å². The van der Waals surface area contributed by atoms with Crippen molar-refractivity contribution in [3.63, 3.8) is 0 Å². The second-order valence-electron chi connectivity index (χ2n) is 6.52. The lowest BCUT2D eigenvalue weighted by Crippen LogP contribution is -2.20. The SMILES string of the molecule is CCCc1nn(C)c(NC2CCC(C)(C)C2)c1[N+](=O)[O-]. The van der Waals surface area contributed by atoms with E-state index in [0.29, 0.717) is 29.4 Å². The van der Waals surface area contributed by atoms with Crippen molar-refractivity contribution in [1.82, 2.24) is 9.78 Å². The fourth-order valence-corrected chi connectivity index (χ4v) is 3.08. The lowest BCUT2D eigenvalue weighted by Gasteiger charge is -2.18. The largest absolute Gasteiger partial charge is 0.362 e. The fourth-order valence-electron chi connectivity index (χ4n) is 3.08. The molecule has 2 rings (SSSR count). The summed E-state index contributed by atoms with van der Waals surface area (Å²) in [6.07, 6.45) is 4.74. The quantitative estimate of drug-likeness (QED) is 0.663. The monoisotopic (exact) mass is 280 g/mol. The second kappa shape index (κ2) is 5.42. The Kier molecular flexibility index (Phi) is 4.01. The maximum absolute atomic E-state index is 11.3. The van der Waals surface area contributed by atoms with Crippen molar-refractivity contribution in [1.29, 1.82) is 0 Å². The van der Waals surface area contributed by atoms with Crippen LogP contribution >= 0.6 is 0 Å². The molecule has 112 valence electrons. The molecule has 0 spiro atoms. The third-order valence-corrected chi connectivity index (χ3v) is 4.07. The smallest absolute Gasteiger partial charge is 0.333 e. The third-order valence-electron chi connectivity index (χ3n) is 4.07. The minimum atomic E-state index is -0.305. The molecule has 0 radical (unpaired) electrons.